The lowest BCUT2D eigenvalue weighted by Crippen LogP contribution is -2.40. The largest absolute Gasteiger partial charge is 0.374 e. The van der Waals surface area contributed by atoms with Crippen LogP contribution in [0.25, 0.3) is 0 Å². The first kappa shape index (κ1) is 16.1. The molecule has 3 N–H and O–H groups in total. The number of thiocarbonyl (C=S) groups is 1. The van der Waals surface area contributed by atoms with Crippen molar-refractivity contribution in [1.29, 1.82) is 0 Å². The van der Waals surface area contributed by atoms with Crippen molar-refractivity contribution in [1.82, 2.24) is 5.06 Å². The van der Waals surface area contributed by atoms with Crippen LogP contribution in [0.5, 0.6) is 0 Å². The van der Waals surface area contributed by atoms with Gasteiger partial charge in [-0.05, 0) is 42.9 Å². The minimum Gasteiger partial charge on any atom is -0.374 e. The summed E-state index contributed by atoms with van der Waals surface area (Å²) in [6, 6.07) is 6.36. The number of hydrogen-bond donors (Lipinski definition) is 2. The van der Waals surface area contributed by atoms with Gasteiger partial charge in [-0.1, -0.05) is 6.92 Å². The zero-order valence-corrected chi connectivity index (χ0v) is 12.2. The second-order valence-electron chi connectivity index (χ2n) is 4.03. The van der Waals surface area contributed by atoms with E-state index in [1.165, 1.54) is 6.92 Å². The topological polar surface area (TPSA) is 84.7 Å². The molecule has 0 aliphatic carbocycles. The van der Waals surface area contributed by atoms with Crippen LogP contribution in [0.4, 0.5) is 5.69 Å². The van der Waals surface area contributed by atoms with Gasteiger partial charge >= 0.3 is 0 Å². The van der Waals surface area contributed by atoms with Crippen molar-refractivity contribution in [2.75, 3.05) is 11.9 Å². The van der Waals surface area contributed by atoms with E-state index in [1.807, 2.05) is 6.92 Å². The van der Waals surface area contributed by atoms with E-state index in [9.17, 15) is 9.59 Å². The molecule has 6 nitrogen and oxygen atoms in total. The molecule has 0 aliphatic heterocycles. The van der Waals surface area contributed by atoms with Crippen LogP contribution in [-0.2, 0) is 9.63 Å². The van der Waals surface area contributed by atoms with Crippen molar-refractivity contribution >= 4 is 34.8 Å². The van der Waals surface area contributed by atoms with Gasteiger partial charge in [0.25, 0.3) is 5.91 Å². The van der Waals surface area contributed by atoms with Crippen LogP contribution in [0.3, 0.4) is 0 Å². The quantitative estimate of drug-likeness (QED) is 0.637. The number of nitrogens with two attached hydrogens (primary N) is 1. The third kappa shape index (κ3) is 4.60. The Morgan fingerprint density at radius 2 is 1.95 bits per heavy atom. The number of rotatable bonds is 5. The molecule has 0 bridgehead atoms. The fourth-order valence-electron chi connectivity index (χ4n) is 1.42. The highest BCUT2D eigenvalue weighted by atomic mass is 32.1. The number of benzene rings is 1. The summed E-state index contributed by atoms with van der Waals surface area (Å²) in [6.45, 7) is 3.66. The summed E-state index contributed by atoms with van der Waals surface area (Å²) in [5.74, 6) is -0.625. The summed E-state index contributed by atoms with van der Waals surface area (Å²) in [4.78, 5) is 28.3. The van der Waals surface area contributed by atoms with E-state index in [0.29, 0.717) is 17.9 Å². The van der Waals surface area contributed by atoms with Gasteiger partial charge in [-0.15, -0.1) is 0 Å². The molecular weight excluding hydrogens is 278 g/mol. The molecular formula is C13H17N3O3S. The number of nitrogens with zero attached hydrogens (tertiary/aromatic N) is 1. The van der Waals surface area contributed by atoms with Crippen LogP contribution in [0, 0.1) is 0 Å². The second-order valence-corrected chi connectivity index (χ2v) is 4.45. The summed E-state index contributed by atoms with van der Waals surface area (Å²) < 4.78 is 0. The standard InChI is InChI=1S/C13H17N3O3S/c1-3-8-19-16(13(14)20)12(18)10-4-6-11(7-5-10)15-9(2)17/h4-7H,3,8H2,1-2H3,(H2,14,20)(H,15,17). The zero-order valence-electron chi connectivity index (χ0n) is 11.4. The summed E-state index contributed by atoms with van der Waals surface area (Å²) >= 11 is 4.79. The first-order valence-electron chi connectivity index (χ1n) is 6.10. The van der Waals surface area contributed by atoms with Gasteiger partial charge in [0, 0.05) is 18.2 Å². The SMILES string of the molecule is CCCON(C(=O)c1ccc(NC(C)=O)cc1)C(N)=S. The maximum Gasteiger partial charge on any atom is 0.284 e. The lowest BCUT2D eigenvalue weighted by molar-refractivity contribution is -0.114. The highest BCUT2D eigenvalue weighted by Gasteiger charge is 2.19. The van der Waals surface area contributed by atoms with Gasteiger partial charge in [-0.25, -0.2) is 0 Å². The van der Waals surface area contributed by atoms with Crippen LogP contribution in [0.1, 0.15) is 30.6 Å². The lowest BCUT2D eigenvalue weighted by Gasteiger charge is -2.19. The summed E-state index contributed by atoms with van der Waals surface area (Å²) in [7, 11) is 0. The summed E-state index contributed by atoms with van der Waals surface area (Å²) in [6.07, 6.45) is 0.730. The molecule has 20 heavy (non-hydrogen) atoms. The van der Waals surface area contributed by atoms with Crippen LogP contribution in [0.15, 0.2) is 24.3 Å². The Morgan fingerprint density at radius 3 is 2.40 bits per heavy atom. The lowest BCUT2D eigenvalue weighted by atomic mass is 10.2. The Kier molecular flexibility index (Phi) is 6.08. The van der Waals surface area contributed by atoms with Gasteiger partial charge in [0.05, 0.1) is 6.61 Å². The number of nitrogens with one attached hydrogen (secondary N) is 1. The molecule has 1 aromatic carbocycles. The smallest absolute Gasteiger partial charge is 0.284 e. The predicted octanol–water partition coefficient (Wildman–Crippen LogP) is 1.67. The third-order valence-corrected chi connectivity index (χ3v) is 2.43. The van der Waals surface area contributed by atoms with E-state index in [2.05, 4.69) is 5.32 Å². The first-order valence-corrected chi connectivity index (χ1v) is 6.51. The molecule has 2 amide bonds. The Balaban J connectivity index is 2.83. The monoisotopic (exact) mass is 295 g/mol. The number of carbonyl (C=O) groups excluding carboxylic acids is 2. The minimum absolute atomic E-state index is 0.144. The molecule has 0 aromatic heterocycles. The Hall–Kier alpha value is -1.99. The number of anilines is 1. The van der Waals surface area contributed by atoms with Crippen LogP contribution in [-0.4, -0.2) is 28.6 Å². The molecule has 0 saturated carbocycles. The average molecular weight is 295 g/mol. The zero-order chi connectivity index (χ0) is 15.1. The number of carbonyl (C=O) groups is 2. The highest BCUT2D eigenvalue weighted by Crippen LogP contribution is 2.12. The molecule has 1 aromatic rings. The first-order chi connectivity index (χ1) is 9.45. The van der Waals surface area contributed by atoms with E-state index in [-0.39, 0.29) is 11.0 Å². The summed E-state index contributed by atoms with van der Waals surface area (Å²) in [5.41, 5.74) is 6.43. The molecule has 0 radical (unpaired) electrons. The molecule has 0 aliphatic rings. The molecule has 7 heteroatoms. The van der Waals surface area contributed by atoms with E-state index in [4.69, 9.17) is 22.8 Å². The predicted molar refractivity (Wildman–Crippen MR) is 79.9 cm³/mol. The third-order valence-electron chi connectivity index (χ3n) is 2.26. The van der Waals surface area contributed by atoms with Gasteiger partial charge in [0.2, 0.25) is 5.91 Å². The molecule has 108 valence electrons. The highest BCUT2D eigenvalue weighted by molar-refractivity contribution is 7.80. The Morgan fingerprint density at radius 1 is 1.35 bits per heavy atom. The number of amides is 2. The van der Waals surface area contributed by atoms with Crippen molar-refractivity contribution in [3.05, 3.63) is 29.8 Å². The van der Waals surface area contributed by atoms with Crippen LogP contribution >= 0.6 is 12.2 Å². The van der Waals surface area contributed by atoms with Gasteiger partial charge in [0.15, 0.2) is 5.11 Å². The number of hydrogen-bond acceptors (Lipinski definition) is 4. The van der Waals surface area contributed by atoms with E-state index in [1.54, 1.807) is 24.3 Å². The van der Waals surface area contributed by atoms with Crippen molar-refractivity contribution in [3.63, 3.8) is 0 Å². The van der Waals surface area contributed by atoms with Crippen LogP contribution < -0.4 is 11.1 Å². The van der Waals surface area contributed by atoms with E-state index < -0.39 is 5.91 Å². The second kappa shape index (κ2) is 7.56. The molecule has 0 fully saturated rings. The van der Waals surface area contributed by atoms with E-state index >= 15 is 0 Å². The molecule has 0 unspecified atom stereocenters. The van der Waals surface area contributed by atoms with E-state index in [0.717, 1.165) is 11.5 Å². The molecule has 0 saturated heterocycles. The fraction of sp³-hybridized carbons (Fsp3) is 0.308. The Bertz CT molecular complexity index is 502. The minimum atomic E-state index is -0.444. The number of hydroxylamine groups is 2. The van der Waals surface area contributed by atoms with Gasteiger partial charge in [-0.2, -0.15) is 5.06 Å². The van der Waals surface area contributed by atoms with Crippen molar-refractivity contribution in [2.45, 2.75) is 20.3 Å². The van der Waals surface area contributed by atoms with Gasteiger partial charge in [-0.3, -0.25) is 14.4 Å². The van der Waals surface area contributed by atoms with Crippen molar-refractivity contribution in [2.24, 2.45) is 5.73 Å². The molecule has 0 spiro atoms. The normalized spacial score (nSPS) is 9.90. The molecule has 0 heterocycles. The Labute approximate surface area is 122 Å². The maximum absolute atomic E-state index is 12.2. The molecule has 1 rings (SSSR count). The fourth-order valence-corrected chi connectivity index (χ4v) is 1.56. The van der Waals surface area contributed by atoms with Crippen molar-refractivity contribution < 1.29 is 14.4 Å². The van der Waals surface area contributed by atoms with Gasteiger partial charge < -0.3 is 11.1 Å². The van der Waals surface area contributed by atoms with Crippen LogP contribution in [0.2, 0.25) is 0 Å². The summed E-state index contributed by atoms with van der Waals surface area (Å²) in [5, 5.41) is 3.36. The molecule has 0 atom stereocenters. The van der Waals surface area contributed by atoms with Crippen molar-refractivity contribution in [3.8, 4) is 0 Å². The maximum atomic E-state index is 12.2. The average Bonchev–Trinajstić information content (AvgIpc) is 2.38. The van der Waals surface area contributed by atoms with Gasteiger partial charge in [0.1, 0.15) is 0 Å².